The standard InChI is InChI=1S/C15H26N4O7/c1-4-7(2)12(15(25)26)19-14(24)9(5-11(21)22)18-10(20)6-17-13(23)8(3)16/h7-9,12H,4-6,16H2,1-3H3,(H,17,23)(H,18,20)(H,19,24)(H,21,22)(H,25,26). The van der Waals surface area contributed by atoms with E-state index in [1.54, 1.807) is 13.8 Å². The highest BCUT2D eigenvalue weighted by Gasteiger charge is 2.30. The van der Waals surface area contributed by atoms with E-state index in [0.29, 0.717) is 6.42 Å². The molecule has 4 atom stereocenters. The van der Waals surface area contributed by atoms with Crippen molar-refractivity contribution in [1.82, 2.24) is 16.0 Å². The quantitative estimate of drug-likeness (QED) is 0.240. The molecule has 0 radical (unpaired) electrons. The molecule has 4 unspecified atom stereocenters. The fourth-order valence-corrected chi connectivity index (χ4v) is 1.89. The Kier molecular flexibility index (Phi) is 9.89. The minimum absolute atomic E-state index is 0.400. The van der Waals surface area contributed by atoms with Crippen molar-refractivity contribution in [2.45, 2.75) is 51.7 Å². The van der Waals surface area contributed by atoms with Gasteiger partial charge in [0.05, 0.1) is 19.0 Å². The van der Waals surface area contributed by atoms with Crippen molar-refractivity contribution in [3.63, 3.8) is 0 Å². The number of hydrogen-bond acceptors (Lipinski definition) is 6. The number of carbonyl (C=O) groups excluding carboxylic acids is 3. The highest BCUT2D eigenvalue weighted by molar-refractivity contribution is 5.94. The molecule has 11 nitrogen and oxygen atoms in total. The molecule has 0 aliphatic rings. The van der Waals surface area contributed by atoms with Gasteiger partial charge >= 0.3 is 11.9 Å². The zero-order valence-corrected chi connectivity index (χ0v) is 14.9. The monoisotopic (exact) mass is 374 g/mol. The summed E-state index contributed by atoms with van der Waals surface area (Å²) < 4.78 is 0. The van der Waals surface area contributed by atoms with Gasteiger partial charge in [-0.3, -0.25) is 19.2 Å². The van der Waals surface area contributed by atoms with Gasteiger partial charge in [-0.2, -0.15) is 0 Å². The maximum Gasteiger partial charge on any atom is 0.326 e. The Hall–Kier alpha value is -2.69. The van der Waals surface area contributed by atoms with E-state index in [9.17, 15) is 29.1 Å². The minimum atomic E-state index is -1.49. The third-order valence-electron chi connectivity index (χ3n) is 3.64. The van der Waals surface area contributed by atoms with Gasteiger partial charge in [-0.05, 0) is 12.8 Å². The molecular formula is C15H26N4O7. The highest BCUT2D eigenvalue weighted by atomic mass is 16.4. The van der Waals surface area contributed by atoms with Crippen molar-refractivity contribution in [2.75, 3.05) is 6.54 Å². The van der Waals surface area contributed by atoms with Crippen molar-refractivity contribution in [2.24, 2.45) is 11.7 Å². The fraction of sp³-hybridized carbons (Fsp3) is 0.667. The number of hydrogen-bond donors (Lipinski definition) is 6. The van der Waals surface area contributed by atoms with E-state index in [-0.39, 0.29) is 0 Å². The normalized spacial score (nSPS) is 15.1. The molecule has 11 heteroatoms. The van der Waals surface area contributed by atoms with Crippen LogP contribution in [0.25, 0.3) is 0 Å². The second kappa shape index (κ2) is 11.0. The van der Waals surface area contributed by atoms with E-state index in [2.05, 4.69) is 16.0 Å². The lowest BCUT2D eigenvalue weighted by molar-refractivity contribution is -0.144. The van der Waals surface area contributed by atoms with Crippen LogP contribution in [0.4, 0.5) is 0 Å². The molecule has 7 N–H and O–H groups in total. The van der Waals surface area contributed by atoms with Crippen LogP contribution in [0.15, 0.2) is 0 Å². The molecule has 0 saturated carbocycles. The van der Waals surface area contributed by atoms with Gasteiger partial charge in [0.1, 0.15) is 12.1 Å². The van der Waals surface area contributed by atoms with Gasteiger partial charge in [-0.25, -0.2) is 4.79 Å². The molecule has 26 heavy (non-hydrogen) atoms. The van der Waals surface area contributed by atoms with Crippen molar-refractivity contribution in [3.8, 4) is 0 Å². The first-order chi connectivity index (χ1) is 12.0. The Balaban J connectivity index is 4.98. The predicted molar refractivity (Wildman–Crippen MR) is 89.9 cm³/mol. The summed E-state index contributed by atoms with van der Waals surface area (Å²) >= 11 is 0. The maximum absolute atomic E-state index is 12.2. The first-order valence-corrected chi connectivity index (χ1v) is 8.07. The lowest BCUT2D eigenvalue weighted by Crippen LogP contribution is -2.55. The van der Waals surface area contributed by atoms with Crippen LogP contribution in [0.5, 0.6) is 0 Å². The first-order valence-electron chi connectivity index (χ1n) is 8.07. The van der Waals surface area contributed by atoms with E-state index in [1.807, 2.05) is 0 Å². The molecule has 0 rings (SSSR count). The SMILES string of the molecule is CCC(C)C(NC(=O)C(CC(=O)O)NC(=O)CNC(=O)C(C)N)C(=O)O. The van der Waals surface area contributed by atoms with Gasteiger partial charge < -0.3 is 31.9 Å². The van der Waals surface area contributed by atoms with Crippen LogP contribution in [-0.4, -0.2) is 64.5 Å². The summed E-state index contributed by atoms with van der Waals surface area (Å²) in [5, 5.41) is 24.7. The van der Waals surface area contributed by atoms with Gasteiger partial charge in [-0.1, -0.05) is 20.3 Å². The average Bonchev–Trinajstić information content (AvgIpc) is 2.54. The summed E-state index contributed by atoms with van der Waals surface area (Å²) in [4.78, 5) is 57.6. The zero-order chi connectivity index (χ0) is 20.4. The van der Waals surface area contributed by atoms with E-state index in [0.717, 1.165) is 0 Å². The second-order valence-electron chi connectivity index (χ2n) is 5.93. The Morgan fingerprint density at radius 2 is 1.58 bits per heavy atom. The summed E-state index contributed by atoms with van der Waals surface area (Å²) in [5.74, 6) is -5.37. The molecule has 0 heterocycles. The van der Waals surface area contributed by atoms with E-state index in [4.69, 9.17) is 10.8 Å². The number of nitrogens with two attached hydrogens (primary N) is 1. The van der Waals surface area contributed by atoms with Crippen LogP contribution >= 0.6 is 0 Å². The second-order valence-corrected chi connectivity index (χ2v) is 5.93. The molecule has 0 saturated heterocycles. The smallest absolute Gasteiger partial charge is 0.326 e. The Bertz CT molecular complexity index is 550. The largest absolute Gasteiger partial charge is 0.481 e. The molecule has 0 aliphatic heterocycles. The van der Waals surface area contributed by atoms with Gasteiger partial charge in [0.25, 0.3) is 0 Å². The molecule has 3 amide bonds. The molecule has 0 aromatic heterocycles. The number of rotatable bonds is 11. The number of carboxylic acid groups (broad SMARTS) is 2. The lowest BCUT2D eigenvalue weighted by atomic mass is 9.98. The predicted octanol–water partition coefficient (Wildman–Crippen LogP) is -1.98. The van der Waals surface area contributed by atoms with Crippen LogP contribution in [0, 0.1) is 5.92 Å². The lowest BCUT2D eigenvalue weighted by Gasteiger charge is -2.23. The Morgan fingerprint density at radius 3 is 2.00 bits per heavy atom. The van der Waals surface area contributed by atoms with Crippen molar-refractivity contribution >= 4 is 29.7 Å². The van der Waals surface area contributed by atoms with E-state index >= 15 is 0 Å². The fourth-order valence-electron chi connectivity index (χ4n) is 1.89. The molecule has 0 aliphatic carbocycles. The van der Waals surface area contributed by atoms with Gasteiger partial charge in [0.15, 0.2) is 0 Å². The maximum atomic E-state index is 12.2. The topological polar surface area (TPSA) is 188 Å². The van der Waals surface area contributed by atoms with Crippen molar-refractivity contribution in [3.05, 3.63) is 0 Å². The van der Waals surface area contributed by atoms with Crippen molar-refractivity contribution in [1.29, 1.82) is 0 Å². The van der Waals surface area contributed by atoms with Crippen LogP contribution in [0.1, 0.15) is 33.6 Å². The molecule has 0 fully saturated rings. The number of nitrogens with one attached hydrogen (secondary N) is 3. The molecule has 0 aromatic rings. The molecule has 0 spiro atoms. The van der Waals surface area contributed by atoms with Crippen molar-refractivity contribution < 1.29 is 34.2 Å². The van der Waals surface area contributed by atoms with Crippen LogP contribution < -0.4 is 21.7 Å². The number of carboxylic acids is 2. The summed E-state index contributed by atoms with van der Waals surface area (Å²) in [6.45, 7) is 4.27. The van der Waals surface area contributed by atoms with Gasteiger partial charge in [0.2, 0.25) is 17.7 Å². The van der Waals surface area contributed by atoms with E-state index < -0.39 is 66.7 Å². The number of amides is 3. The molecule has 0 aromatic carbocycles. The van der Waals surface area contributed by atoms with Crippen LogP contribution in [0.3, 0.4) is 0 Å². The van der Waals surface area contributed by atoms with Gasteiger partial charge in [-0.15, -0.1) is 0 Å². The third kappa shape index (κ3) is 8.42. The molecule has 0 bridgehead atoms. The minimum Gasteiger partial charge on any atom is -0.481 e. The van der Waals surface area contributed by atoms with E-state index in [1.165, 1.54) is 6.92 Å². The Morgan fingerprint density at radius 1 is 1.00 bits per heavy atom. The summed E-state index contributed by atoms with van der Waals surface area (Å²) in [5.41, 5.74) is 5.32. The Labute approximate surface area is 150 Å². The van der Waals surface area contributed by atoms with Crippen LogP contribution in [0.2, 0.25) is 0 Å². The summed E-state index contributed by atoms with van der Waals surface area (Å²) in [7, 11) is 0. The number of aliphatic carboxylic acids is 2. The number of carbonyl (C=O) groups is 5. The van der Waals surface area contributed by atoms with Crippen LogP contribution in [-0.2, 0) is 24.0 Å². The summed E-state index contributed by atoms with van der Waals surface area (Å²) in [6, 6.07) is -3.55. The highest BCUT2D eigenvalue weighted by Crippen LogP contribution is 2.08. The third-order valence-corrected chi connectivity index (χ3v) is 3.64. The van der Waals surface area contributed by atoms with Gasteiger partial charge in [0, 0.05) is 0 Å². The zero-order valence-electron chi connectivity index (χ0n) is 14.9. The average molecular weight is 374 g/mol. The summed E-state index contributed by atoms with van der Waals surface area (Å²) in [6.07, 6.45) is -0.276. The first kappa shape index (κ1) is 23.3. The molecule has 148 valence electrons. The molecular weight excluding hydrogens is 348 g/mol.